The molecule has 2 aliphatic rings. The van der Waals surface area contributed by atoms with Crippen LogP contribution in [-0.4, -0.2) is 57.6 Å². The Hall–Kier alpha value is -2.59. The predicted octanol–water partition coefficient (Wildman–Crippen LogP) is 1.31. The minimum absolute atomic E-state index is 0.0504. The molecule has 1 saturated heterocycles. The number of unbranched alkanes of at least 4 members (excludes halogenated alkanes) is 1. The zero-order valence-electron chi connectivity index (χ0n) is 16.3. The Morgan fingerprint density at radius 1 is 1.52 bits per heavy atom. The van der Waals surface area contributed by atoms with Gasteiger partial charge >= 0.3 is 0 Å². The lowest BCUT2D eigenvalue weighted by molar-refractivity contribution is -0.161. The van der Waals surface area contributed by atoms with Gasteiger partial charge in [0.15, 0.2) is 0 Å². The van der Waals surface area contributed by atoms with Gasteiger partial charge < -0.3 is 5.32 Å². The summed E-state index contributed by atoms with van der Waals surface area (Å²) in [6.07, 6.45) is 4.99. The number of halogens is 1. The van der Waals surface area contributed by atoms with Gasteiger partial charge in [0.1, 0.15) is 17.7 Å². The molecule has 2 heterocycles. The summed E-state index contributed by atoms with van der Waals surface area (Å²) in [6.45, 7) is 2.39. The highest BCUT2D eigenvalue weighted by Crippen LogP contribution is 2.56. The van der Waals surface area contributed by atoms with E-state index in [1.54, 1.807) is 0 Å². The molecule has 29 heavy (non-hydrogen) atoms. The van der Waals surface area contributed by atoms with Crippen LogP contribution in [0.2, 0.25) is 0 Å². The maximum absolute atomic E-state index is 13.3. The molecule has 0 spiro atoms. The van der Waals surface area contributed by atoms with E-state index in [0.717, 1.165) is 25.5 Å². The fraction of sp³-hybridized carbons (Fsp3) is 0.579. The van der Waals surface area contributed by atoms with E-state index >= 15 is 0 Å². The Morgan fingerprint density at radius 2 is 2.31 bits per heavy atom. The monoisotopic (exact) mass is 407 g/mol. The molecular formula is C19H26FN5O4. The molecule has 3 N–H and O–H groups in total. The fourth-order valence-electron chi connectivity index (χ4n) is 3.98. The van der Waals surface area contributed by atoms with Gasteiger partial charge in [-0.15, -0.1) is 0 Å². The average molecular weight is 407 g/mol. The Bertz CT molecular complexity index is 761. The van der Waals surface area contributed by atoms with Gasteiger partial charge in [-0.25, -0.2) is 19.9 Å². The highest BCUT2D eigenvalue weighted by Gasteiger charge is 2.62. The van der Waals surface area contributed by atoms with Gasteiger partial charge in [0.05, 0.1) is 18.2 Å². The van der Waals surface area contributed by atoms with Gasteiger partial charge in [0, 0.05) is 6.54 Å². The Balaban J connectivity index is 1.72. The third kappa shape index (κ3) is 4.54. The number of hydrazine groups is 1. The maximum atomic E-state index is 13.3. The van der Waals surface area contributed by atoms with Gasteiger partial charge in [0.25, 0.3) is 0 Å². The van der Waals surface area contributed by atoms with E-state index in [2.05, 4.69) is 22.7 Å². The van der Waals surface area contributed by atoms with Crippen LogP contribution >= 0.6 is 0 Å². The number of hydrogen-bond donors (Lipinski definition) is 3. The van der Waals surface area contributed by atoms with Crippen molar-refractivity contribution in [2.24, 2.45) is 11.3 Å². The molecule has 1 aromatic heterocycles. The number of pyridine rings is 1. The topological polar surface area (TPSA) is 115 Å². The molecule has 158 valence electrons. The standard InChI is InChI=1S/C19H26FN5O4/c1-2-3-4-13-9-19(13,11-24(29)12-26)18(28)25-15(7-8-22-25)17(27)23-16-6-5-14(20)10-21-16/h5-6,10,12-13,15,22,29H,2-4,7-9,11H2,1H3,(H,21,23,27)/t13?,15-,19?/m0/s1. The van der Waals surface area contributed by atoms with Crippen LogP contribution in [0.15, 0.2) is 18.3 Å². The number of nitrogens with zero attached hydrogens (tertiary/aromatic N) is 3. The van der Waals surface area contributed by atoms with Gasteiger partial charge in [-0.05, 0) is 37.3 Å². The fourth-order valence-corrected chi connectivity index (χ4v) is 3.98. The van der Waals surface area contributed by atoms with Crippen LogP contribution in [0.1, 0.15) is 39.0 Å². The number of aromatic nitrogens is 1. The van der Waals surface area contributed by atoms with Crippen LogP contribution in [0.5, 0.6) is 0 Å². The highest BCUT2D eigenvalue weighted by molar-refractivity contribution is 5.98. The van der Waals surface area contributed by atoms with E-state index in [1.807, 2.05) is 0 Å². The molecule has 2 fully saturated rings. The largest absolute Gasteiger partial charge is 0.309 e. The minimum Gasteiger partial charge on any atom is -0.309 e. The van der Waals surface area contributed by atoms with Crippen molar-refractivity contribution in [3.05, 3.63) is 24.1 Å². The van der Waals surface area contributed by atoms with Crippen LogP contribution in [0.3, 0.4) is 0 Å². The summed E-state index contributed by atoms with van der Waals surface area (Å²) in [4.78, 5) is 40.7. The van der Waals surface area contributed by atoms with Crippen molar-refractivity contribution in [2.45, 2.75) is 45.1 Å². The first-order valence-corrected chi connectivity index (χ1v) is 9.81. The zero-order valence-corrected chi connectivity index (χ0v) is 16.3. The number of carbonyl (C=O) groups is 3. The van der Waals surface area contributed by atoms with Crippen LogP contribution in [0, 0.1) is 17.2 Å². The van der Waals surface area contributed by atoms with E-state index in [4.69, 9.17) is 0 Å². The van der Waals surface area contributed by atoms with E-state index in [1.165, 1.54) is 17.1 Å². The van der Waals surface area contributed by atoms with Crippen LogP contribution in [0.4, 0.5) is 10.2 Å². The molecule has 3 atom stereocenters. The van der Waals surface area contributed by atoms with Crippen LogP contribution in [-0.2, 0) is 14.4 Å². The highest BCUT2D eigenvalue weighted by atomic mass is 19.1. The van der Waals surface area contributed by atoms with E-state index < -0.39 is 23.2 Å². The molecule has 1 aliphatic carbocycles. The number of hydroxylamine groups is 2. The second kappa shape index (κ2) is 8.83. The quantitative estimate of drug-likeness (QED) is 0.323. The van der Waals surface area contributed by atoms with Crippen LogP contribution < -0.4 is 10.7 Å². The van der Waals surface area contributed by atoms with E-state index in [-0.39, 0.29) is 30.6 Å². The molecule has 10 heteroatoms. The van der Waals surface area contributed by atoms with Gasteiger partial charge in [-0.1, -0.05) is 19.8 Å². The van der Waals surface area contributed by atoms with E-state index in [0.29, 0.717) is 24.4 Å². The van der Waals surface area contributed by atoms with E-state index in [9.17, 15) is 24.0 Å². The maximum Gasteiger partial charge on any atom is 0.250 e. The number of rotatable bonds is 9. The lowest BCUT2D eigenvalue weighted by Crippen LogP contribution is -2.52. The predicted molar refractivity (Wildman–Crippen MR) is 101 cm³/mol. The third-order valence-electron chi connectivity index (χ3n) is 5.64. The second-order valence-corrected chi connectivity index (χ2v) is 7.64. The summed E-state index contributed by atoms with van der Waals surface area (Å²) in [7, 11) is 0. The summed E-state index contributed by atoms with van der Waals surface area (Å²) < 4.78 is 13.0. The number of nitrogens with one attached hydrogen (secondary N) is 2. The first-order chi connectivity index (χ1) is 13.9. The summed E-state index contributed by atoms with van der Waals surface area (Å²) in [6, 6.07) is 1.77. The molecule has 3 rings (SSSR count). The first-order valence-electron chi connectivity index (χ1n) is 9.81. The smallest absolute Gasteiger partial charge is 0.250 e. The zero-order chi connectivity index (χ0) is 21.0. The van der Waals surface area contributed by atoms with Gasteiger partial charge in [-0.3, -0.25) is 24.6 Å². The summed E-state index contributed by atoms with van der Waals surface area (Å²) in [5.74, 6) is -1.00. The van der Waals surface area contributed by atoms with Crippen molar-refractivity contribution in [3.8, 4) is 0 Å². The van der Waals surface area contributed by atoms with Crippen molar-refractivity contribution in [1.29, 1.82) is 0 Å². The lowest BCUT2D eigenvalue weighted by atomic mass is 9.98. The lowest BCUT2D eigenvalue weighted by Gasteiger charge is -2.29. The number of carbonyl (C=O) groups excluding carboxylic acids is 3. The van der Waals surface area contributed by atoms with Crippen molar-refractivity contribution in [1.82, 2.24) is 20.5 Å². The summed E-state index contributed by atoms with van der Waals surface area (Å²) >= 11 is 0. The molecular weight excluding hydrogens is 381 g/mol. The summed E-state index contributed by atoms with van der Waals surface area (Å²) in [5.41, 5.74) is 2.06. The Labute approximate surface area is 168 Å². The van der Waals surface area contributed by atoms with Crippen molar-refractivity contribution in [3.63, 3.8) is 0 Å². The molecule has 3 amide bonds. The van der Waals surface area contributed by atoms with Gasteiger partial charge in [0.2, 0.25) is 18.2 Å². The van der Waals surface area contributed by atoms with Crippen molar-refractivity contribution >= 4 is 24.0 Å². The second-order valence-electron chi connectivity index (χ2n) is 7.64. The minimum atomic E-state index is -0.894. The molecule has 1 saturated carbocycles. The number of hydrogen-bond acceptors (Lipinski definition) is 6. The third-order valence-corrected chi connectivity index (χ3v) is 5.64. The number of anilines is 1. The van der Waals surface area contributed by atoms with Gasteiger partial charge in [-0.2, -0.15) is 0 Å². The summed E-state index contributed by atoms with van der Waals surface area (Å²) in [5, 5.41) is 14.1. The average Bonchev–Trinajstić information content (AvgIpc) is 3.18. The molecule has 1 aliphatic heterocycles. The number of amides is 3. The Kier molecular flexibility index (Phi) is 6.43. The normalized spacial score (nSPS) is 25.6. The first kappa shape index (κ1) is 21.1. The molecule has 1 aromatic rings. The van der Waals surface area contributed by atoms with Crippen LogP contribution in [0.25, 0.3) is 0 Å². The molecule has 0 radical (unpaired) electrons. The van der Waals surface area contributed by atoms with Crippen molar-refractivity contribution in [2.75, 3.05) is 18.4 Å². The Morgan fingerprint density at radius 3 is 2.97 bits per heavy atom. The SMILES string of the molecule is CCCCC1CC1(CN(O)C=O)C(=O)N1NCC[C@H]1C(=O)Nc1ccc(F)cn1. The molecule has 0 bridgehead atoms. The molecule has 9 nitrogen and oxygen atoms in total. The molecule has 2 unspecified atom stereocenters. The molecule has 0 aromatic carbocycles. The van der Waals surface area contributed by atoms with Crippen molar-refractivity contribution < 1.29 is 24.0 Å².